The Balaban J connectivity index is 4.14. The Kier molecular flexibility index (Phi) is 55.4. The monoisotopic (exact) mass is 985 g/mol. The summed E-state index contributed by atoms with van der Waals surface area (Å²) < 4.78 is 16.7. The lowest BCUT2D eigenvalue weighted by molar-refractivity contribution is -0.166. The van der Waals surface area contributed by atoms with Crippen LogP contribution in [0, 0.1) is 0 Å². The van der Waals surface area contributed by atoms with Gasteiger partial charge in [0.25, 0.3) is 0 Å². The van der Waals surface area contributed by atoms with E-state index in [-0.39, 0.29) is 31.6 Å². The van der Waals surface area contributed by atoms with Crippen LogP contribution in [0.2, 0.25) is 0 Å². The summed E-state index contributed by atoms with van der Waals surface area (Å²) in [6, 6.07) is 0. The number of rotatable bonds is 52. The van der Waals surface area contributed by atoms with Gasteiger partial charge in [-0.15, -0.1) is 0 Å². The summed E-state index contributed by atoms with van der Waals surface area (Å²) >= 11 is 0. The average Bonchev–Trinajstić information content (AvgIpc) is 3.37. The van der Waals surface area contributed by atoms with Gasteiger partial charge in [0.05, 0.1) is 0 Å². The van der Waals surface area contributed by atoms with Crippen LogP contribution in [0.3, 0.4) is 0 Å². The highest BCUT2D eigenvalue weighted by atomic mass is 16.6. The molecule has 0 aliphatic carbocycles. The lowest BCUT2D eigenvalue weighted by atomic mass is 10.0. The van der Waals surface area contributed by atoms with Crippen molar-refractivity contribution in [2.45, 2.75) is 271 Å². The quantitative estimate of drug-likeness (QED) is 0.0261. The van der Waals surface area contributed by atoms with Gasteiger partial charge in [0.2, 0.25) is 0 Å². The summed E-state index contributed by atoms with van der Waals surface area (Å²) in [6.45, 7) is 6.33. The highest BCUT2D eigenvalue weighted by molar-refractivity contribution is 5.71. The molecule has 0 aromatic carbocycles. The second-order valence-electron chi connectivity index (χ2n) is 19.1. The zero-order chi connectivity index (χ0) is 51.4. The molecule has 0 aliphatic rings. The lowest BCUT2D eigenvalue weighted by Crippen LogP contribution is -2.30. The molecule has 0 radical (unpaired) electrons. The highest BCUT2D eigenvalue weighted by Gasteiger charge is 2.19. The molecule has 0 bridgehead atoms. The maximum atomic E-state index is 12.7. The van der Waals surface area contributed by atoms with Crippen molar-refractivity contribution in [3.8, 4) is 0 Å². The first-order valence-electron chi connectivity index (χ1n) is 29.4. The SMILES string of the molecule is CC/C=C\C/C=C\C/C=C\C/C=C\C/C=C\CCCCCCCCCCCCCCCCCC(=O)OCC(COC(=O)CCCCCCCCCCC)OC(=O)CC/C=C\C/C=C\C/C=C\C/C=C\CC. The second kappa shape index (κ2) is 58.6. The zero-order valence-electron chi connectivity index (χ0n) is 46.2. The number of hydrogen-bond acceptors (Lipinski definition) is 6. The van der Waals surface area contributed by atoms with Crippen LogP contribution in [0.25, 0.3) is 0 Å². The highest BCUT2D eigenvalue weighted by Crippen LogP contribution is 2.16. The van der Waals surface area contributed by atoms with E-state index >= 15 is 0 Å². The fourth-order valence-electron chi connectivity index (χ4n) is 7.95. The van der Waals surface area contributed by atoms with E-state index < -0.39 is 12.1 Å². The fraction of sp³-hybridized carbons (Fsp3) is 0.677. The van der Waals surface area contributed by atoms with Crippen molar-refractivity contribution in [1.82, 2.24) is 0 Å². The molecule has 404 valence electrons. The van der Waals surface area contributed by atoms with Gasteiger partial charge in [-0.05, 0) is 89.9 Å². The molecular formula is C65H108O6. The molecule has 0 spiro atoms. The molecule has 0 saturated heterocycles. The smallest absolute Gasteiger partial charge is 0.306 e. The Morgan fingerprint density at radius 2 is 0.577 bits per heavy atom. The second-order valence-corrected chi connectivity index (χ2v) is 19.1. The zero-order valence-corrected chi connectivity index (χ0v) is 46.2. The van der Waals surface area contributed by atoms with E-state index in [1.54, 1.807) is 0 Å². The van der Waals surface area contributed by atoms with Crippen LogP contribution >= 0.6 is 0 Å². The fourth-order valence-corrected chi connectivity index (χ4v) is 7.95. The lowest BCUT2D eigenvalue weighted by Gasteiger charge is -2.18. The van der Waals surface area contributed by atoms with Crippen molar-refractivity contribution in [3.63, 3.8) is 0 Å². The predicted octanol–water partition coefficient (Wildman–Crippen LogP) is 19.9. The molecule has 6 nitrogen and oxygen atoms in total. The van der Waals surface area contributed by atoms with Crippen molar-refractivity contribution < 1.29 is 28.6 Å². The molecule has 0 aromatic heterocycles. The topological polar surface area (TPSA) is 78.9 Å². The molecule has 0 aromatic rings. The third kappa shape index (κ3) is 56.9. The van der Waals surface area contributed by atoms with Gasteiger partial charge in [-0.3, -0.25) is 14.4 Å². The van der Waals surface area contributed by atoms with Crippen LogP contribution in [0.15, 0.2) is 109 Å². The van der Waals surface area contributed by atoms with Gasteiger partial charge in [-0.1, -0.05) is 265 Å². The molecule has 0 N–H and O–H groups in total. The number of carbonyl (C=O) groups is 3. The number of esters is 3. The van der Waals surface area contributed by atoms with Crippen molar-refractivity contribution in [2.24, 2.45) is 0 Å². The number of hydrogen-bond donors (Lipinski definition) is 0. The van der Waals surface area contributed by atoms with Gasteiger partial charge in [-0.2, -0.15) is 0 Å². The van der Waals surface area contributed by atoms with Crippen molar-refractivity contribution in [1.29, 1.82) is 0 Å². The average molecular weight is 986 g/mol. The molecule has 1 atom stereocenters. The van der Waals surface area contributed by atoms with E-state index in [1.165, 1.54) is 122 Å². The van der Waals surface area contributed by atoms with E-state index in [0.717, 1.165) is 96.3 Å². The first kappa shape index (κ1) is 67.1. The van der Waals surface area contributed by atoms with E-state index in [4.69, 9.17) is 14.2 Å². The molecule has 71 heavy (non-hydrogen) atoms. The summed E-state index contributed by atoms with van der Waals surface area (Å²) in [5, 5.41) is 0. The van der Waals surface area contributed by atoms with Crippen LogP contribution < -0.4 is 0 Å². The Labute approximate surface area is 438 Å². The number of carbonyl (C=O) groups excluding carboxylic acids is 3. The van der Waals surface area contributed by atoms with E-state index in [2.05, 4.69) is 118 Å². The third-order valence-electron chi connectivity index (χ3n) is 12.3. The van der Waals surface area contributed by atoms with Gasteiger partial charge < -0.3 is 14.2 Å². The van der Waals surface area contributed by atoms with Crippen LogP contribution in [0.1, 0.15) is 265 Å². The molecule has 0 saturated carbocycles. The Hall–Kier alpha value is -3.93. The first-order chi connectivity index (χ1) is 35.0. The Morgan fingerprint density at radius 3 is 0.915 bits per heavy atom. The third-order valence-corrected chi connectivity index (χ3v) is 12.3. The van der Waals surface area contributed by atoms with Crippen LogP contribution in [-0.2, 0) is 28.6 Å². The summed E-state index contributed by atoms with van der Waals surface area (Å²) in [5.74, 6) is -0.989. The summed E-state index contributed by atoms with van der Waals surface area (Å²) in [5.41, 5.74) is 0. The van der Waals surface area contributed by atoms with E-state index in [0.29, 0.717) is 19.3 Å². The van der Waals surface area contributed by atoms with Gasteiger partial charge in [0, 0.05) is 19.3 Å². The van der Waals surface area contributed by atoms with Gasteiger partial charge >= 0.3 is 17.9 Å². The van der Waals surface area contributed by atoms with E-state index in [1.807, 2.05) is 12.2 Å². The minimum absolute atomic E-state index is 0.104. The number of unbranched alkanes of at least 4 members (excludes halogenated alkanes) is 23. The minimum atomic E-state index is -0.813. The van der Waals surface area contributed by atoms with Gasteiger partial charge in [0.1, 0.15) is 13.2 Å². The molecule has 0 amide bonds. The normalized spacial score (nSPS) is 12.9. The standard InChI is InChI=1S/C65H108O6/c1-4-7-10-13-16-19-21-23-24-25-26-27-28-29-30-31-32-33-34-35-36-37-38-39-40-42-43-46-49-52-55-58-64(67)70-61-62(60-69-63(66)57-54-51-48-45-18-15-12-9-6-3)71-65(68)59-56-53-50-47-44-41-22-20-17-14-11-8-5-2/h7-8,10-11,16-17,19-20,23-24,26-27,29-30,41,44,50,53,62H,4-6,9,12-15,18,21-22,25,28,31-40,42-43,45-49,51-52,54-61H2,1-3H3/b10-7-,11-8-,19-16-,20-17-,24-23-,27-26-,30-29-,44-41-,53-50-. The molecule has 0 heterocycles. The minimum Gasteiger partial charge on any atom is -0.462 e. The number of ether oxygens (including phenoxy) is 3. The summed E-state index contributed by atoms with van der Waals surface area (Å²) in [6.07, 6.45) is 79.8. The van der Waals surface area contributed by atoms with Crippen LogP contribution in [-0.4, -0.2) is 37.2 Å². The maximum Gasteiger partial charge on any atom is 0.306 e. The van der Waals surface area contributed by atoms with Crippen molar-refractivity contribution >= 4 is 17.9 Å². The maximum absolute atomic E-state index is 12.7. The van der Waals surface area contributed by atoms with Crippen LogP contribution in [0.4, 0.5) is 0 Å². The summed E-state index contributed by atoms with van der Waals surface area (Å²) in [7, 11) is 0. The molecule has 6 heteroatoms. The van der Waals surface area contributed by atoms with Gasteiger partial charge in [0.15, 0.2) is 6.10 Å². The van der Waals surface area contributed by atoms with E-state index in [9.17, 15) is 14.4 Å². The van der Waals surface area contributed by atoms with Crippen molar-refractivity contribution in [2.75, 3.05) is 13.2 Å². The molecule has 0 aliphatic heterocycles. The molecule has 0 rings (SSSR count). The molecule has 0 fully saturated rings. The van der Waals surface area contributed by atoms with Gasteiger partial charge in [-0.25, -0.2) is 0 Å². The first-order valence-corrected chi connectivity index (χ1v) is 29.4. The van der Waals surface area contributed by atoms with Crippen LogP contribution in [0.5, 0.6) is 0 Å². The molecule has 1 unspecified atom stereocenters. The Morgan fingerprint density at radius 1 is 0.296 bits per heavy atom. The molecular weight excluding hydrogens is 877 g/mol. The Bertz CT molecular complexity index is 1460. The van der Waals surface area contributed by atoms with Crippen molar-refractivity contribution in [3.05, 3.63) is 109 Å². The summed E-state index contributed by atoms with van der Waals surface area (Å²) in [4.78, 5) is 37.9. The number of allylic oxidation sites excluding steroid dienone is 18. The largest absolute Gasteiger partial charge is 0.462 e. The predicted molar refractivity (Wildman–Crippen MR) is 307 cm³/mol.